The monoisotopic (exact) mass is 291 g/mol. The van der Waals surface area contributed by atoms with Crippen molar-refractivity contribution < 1.29 is 9.72 Å². The van der Waals surface area contributed by atoms with Gasteiger partial charge in [0.25, 0.3) is 5.69 Å². The summed E-state index contributed by atoms with van der Waals surface area (Å²) in [6.07, 6.45) is 4.30. The van der Waals surface area contributed by atoms with Gasteiger partial charge in [-0.1, -0.05) is 29.8 Å². The van der Waals surface area contributed by atoms with Crippen LogP contribution in [0.3, 0.4) is 0 Å². The molecule has 0 radical (unpaired) electrons. The fraction of sp³-hybridized carbons (Fsp3) is 0.0769. The average molecular weight is 292 g/mol. The van der Waals surface area contributed by atoms with Crippen molar-refractivity contribution in [3.8, 4) is 0 Å². The Balaban J connectivity index is 2.21. The largest absolute Gasteiger partial charge is 0.287 e. The van der Waals surface area contributed by atoms with E-state index in [1.54, 1.807) is 19.2 Å². The van der Waals surface area contributed by atoms with Crippen LogP contribution in [0.2, 0.25) is 5.02 Å². The number of nitro groups is 1. The molecule has 0 bridgehead atoms. The van der Waals surface area contributed by atoms with E-state index < -0.39 is 4.92 Å². The van der Waals surface area contributed by atoms with Gasteiger partial charge in [0.1, 0.15) is 0 Å². The van der Waals surface area contributed by atoms with E-state index >= 15 is 0 Å². The van der Waals surface area contributed by atoms with Gasteiger partial charge in [-0.25, -0.2) is 0 Å². The summed E-state index contributed by atoms with van der Waals surface area (Å²) in [5.74, 6) is -0.359. The number of carbonyl (C=O) groups excluding carboxylic acids is 1. The summed E-state index contributed by atoms with van der Waals surface area (Å²) in [6.45, 7) is 0. The molecule has 0 saturated heterocycles. The summed E-state index contributed by atoms with van der Waals surface area (Å²) < 4.78 is 1.44. The second kappa shape index (κ2) is 5.66. The third kappa shape index (κ3) is 3.10. The maximum absolute atomic E-state index is 11.9. The zero-order valence-corrected chi connectivity index (χ0v) is 11.2. The summed E-state index contributed by atoms with van der Waals surface area (Å²) in [7, 11) is 1.66. The van der Waals surface area contributed by atoms with E-state index in [0.717, 1.165) is 0 Å². The number of aryl methyl sites for hydroxylation is 1. The zero-order valence-electron chi connectivity index (χ0n) is 10.5. The molecule has 2 rings (SSSR count). The molecule has 0 spiro atoms. The number of nitro benzene ring substituents is 1. The van der Waals surface area contributed by atoms with E-state index in [4.69, 9.17) is 11.6 Å². The zero-order chi connectivity index (χ0) is 14.7. The maximum Gasteiger partial charge on any atom is 0.270 e. The SMILES string of the molecule is Cn1cc(Cl)c(C(=O)/C=C/c2cccc([N+](=O)[O-])c2)n1. The highest BCUT2D eigenvalue weighted by molar-refractivity contribution is 6.34. The van der Waals surface area contributed by atoms with Crippen LogP contribution in [0, 0.1) is 10.1 Å². The molecule has 7 heteroatoms. The second-order valence-corrected chi connectivity index (χ2v) is 4.46. The highest BCUT2D eigenvalue weighted by Gasteiger charge is 2.12. The summed E-state index contributed by atoms with van der Waals surface area (Å²) in [5, 5.41) is 14.9. The third-order valence-corrected chi connectivity index (χ3v) is 2.80. The number of allylic oxidation sites excluding steroid dienone is 1. The van der Waals surface area contributed by atoms with Gasteiger partial charge in [0, 0.05) is 25.4 Å². The fourth-order valence-electron chi connectivity index (χ4n) is 1.62. The lowest BCUT2D eigenvalue weighted by atomic mass is 10.1. The van der Waals surface area contributed by atoms with Crippen molar-refractivity contribution in [2.75, 3.05) is 0 Å². The Hall–Kier alpha value is -2.47. The van der Waals surface area contributed by atoms with E-state index in [0.29, 0.717) is 5.56 Å². The van der Waals surface area contributed by atoms with Crippen molar-refractivity contribution in [3.05, 3.63) is 62.9 Å². The molecule has 0 saturated carbocycles. The van der Waals surface area contributed by atoms with Crippen LogP contribution < -0.4 is 0 Å². The minimum Gasteiger partial charge on any atom is -0.287 e. The lowest BCUT2D eigenvalue weighted by molar-refractivity contribution is -0.384. The first kappa shape index (κ1) is 14.0. The van der Waals surface area contributed by atoms with Gasteiger partial charge in [-0.2, -0.15) is 5.10 Å². The molecule has 0 amide bonds. The predicted molar refractivity (Wildman–Crippen MR) is 74.7 cm³/mol. The van der Waals surface area contributed by atoms with Gasteiger partial charge < -0.3 is 0 Å². The highest BCUT2D eigenvalue weighted by atomic mass is 35.5. The van der Waals surface area contributed by atoms with Crippen LogP contribution >= 0.6 is 11.6 Å². The normalized spacial score (nSPS) is 10.9. The van der Waals surface area contributed by atoms with Crippen LogP contribution in [0.1, 0.15) is 16.1 Å². The topological polar surface area (TPSA) is 78.0 Å². The number of hydrogen-bond donors (Lipinski definition) is 0. The Kier molecular flexibility index (Phi) is 3.95. The molecule has 2 aromatic rings. The lowest BCUT2D eigenvalue weighted by Gasteiger charge is -1.94. The predicted octanol–water partition coefficient (Wildman–Crippen LogP) is 2.88. The van der Waals surface area contributed by atoms with Gasteiger partial charge in [-0.3, -0.25) is 19.6 Å². The van der Waals surface area contributed by atoms with Crippen molar-refractivity contribution in [1.82, 2.24) is 9.78 Å². The second-order valence-electron chi connectivity index (χ2n) is 4.05. The number of non-ortho nitro benzene ring substituents is 1. The van der Waals surface area contributed by atoms with Crippen molar-refractivity contribution >= 4 is 29.1 Å². The Morgan fingerprint density at radius 2 is 2.25 bits per heavy atom. The number of carbonyl (C=O) groups is 1. The van der Waals surface area contributed by atoms with Crippen molar-refractivity contribution in [2.45, 2.75) is 0 Å². The number of nitrogens with zero attached hydrogens (tertiary/aromatic N) is 3. The summed E-state index contributed by atoms with van der Waals surface area (Å²) in [4.78, 5) is 22.0. The van der Waals surface area contributed by atoms with Crippen LogP contribution in [-0.4, -0.2) is 20.5 Å². The van der Waals surface area contributed by atoms with E-state index in [1.165, 1.54) is 35.2 Å². The molecule has 1 aromatic heterocycles. The fourth-order valence-corrected chi connectivity index (χ4v) is 1.89. The van der Waals surface area contributed by atoms with Crippen molar-refractivity contribution in [3.63, 3.8) is 0 Å². The van der Waals surface area contributed by atoms with Crippen LogP contribution in [0.4, 0.5) is 5.69 Å². The molecule has 0 aliphatic carbocycles. The van der Waals surface area contributed by atoms with Crippen LogP contribution in [-0.2, 0) is 7.05 Å². The number of halogens is 1. The van der Waals surface area contributed by atoms with E-state index in [2.05, 4.69) is 5.10 Å². The quantitative estimate of drug-likeness (QED) is 0.375. The first-order valence-corrected chi connectivity index (χ1v) is 6.01. The van der Waals surface area contributed by atoms with Gasteiger partial charge in [0.05, 0.1) is 9.95 Å². The Morgan fingerprint density at radius 1 is 1.50 bits per heavy atom. The number of benzene rings is 1. The van der Waals surface area contributed by atoms with E-state index in [1.807, 2.05) is 0 Å². The molecule has 1 aromatic carbocycles. The molecule has 20 heavy (non-hydrogen) atoms. The molecule has 1 heterocycles. The van der Waals surface area contributed by atoms with Gasteiger partial charge in [0.15, 0.2) is 5.69 Å². The van der Waals surface area contributed by atoms with Gasteiger partial charge >= 0.3 is 0 Å². The van der Waals surface area contributed by atoms with Gasteiger partial charge in [0.2, 0.25) is 5.78 Å². The number of hydrogen-bond acceptors (Lipinski definition) is 4. The molecule has 0 atom stereocenters. The first-order valence-electron chi connectivity index (χ1n) is 5.63. The van der Waals surface area contributed by atoms with Crippen LogP contribution in [0.5, 0.6) is 0 Å². The number of ketones is 1. The molecular formula is C13H10ClN3O3. The molecule has 0 unspecified atom stereocenters. The molecule has 102 valence electrons. The van der Waals surface area contributed by atoms with Crippen molar-refractivity contribution in [2.24, 2.45) is 7.05 Å². The minimum atomic E-state index is -0.491. The minimum absolute atomic E-state index is 0.0320. The smallest absolute Gasteiger partial charge is 0.270 e. The molecular weight excluding hydrogens is 282 g/mol. The molecule has 0 aliphatic heterocycles. The summed E-state index contributed by atoms with van der Waals surface area (Å²) in [6, 6.07) is 5.98. The lowest BCUT2D eigenvalue weighted by Crippen LogP contribution is -1.98. The Morgan fingerprint density at radius 3 is 2.85 bits per heavy atom. The van der Waals surface area contributed by atoms with Gasteiger partial charge in [-0.05, 0) is 11.6 Å². The van der Waals surface area contributed by atoms with Crippen LogP contribution in [0.25, 0.3) is 6.08 Å². The Labute approximate surface area is 119 Å². The van der Waals surface area contributed by atoms with Crippen molar-refractivity contribution in [1.29, 1.82) is 0 Å². The maximum atomic E-state index is 11.9. The molecule has 0 fully saturated rings. The number of rotatable bonds is 4. The van der Waals surface area contributed by atoms with Crippen LogP contribution in [0.15, 0.2) is 36.5 Å². The summed E-state index contributed by atoms with van der Waals surface area (Å²) in [5.41, 5.74) is 0.672. The molecule has 6 nitrogen and oxygen atoms in total. The Bertz CT molecular complexity index is 707. The first-order chi connectivity index (χ1) is 9.47. The standard InChI is InChI=1S/C13H10ClN3O3/c1-16-8-11(14)13(15-16)12(18)6-5-9-3-2-4-10(7-9)17(19)20/h2-8H,1H3/b6-5+. The van der Waals surface area contributed by atoms with E-state index in [-0.39, 0.29) is 22.2 Å². The van der Waals surface area contributed by atoms with Gasteiger partial charge in [-0.15, -0.1) is 0 Å². The van der Waals surface area contributed by atoms with E-state index in [9.17, 15) is 14.9 Å². The molecule has 0 N–H and O–H groups in total. The third-order valence-electron chi connectivity index (χ3n) is 2.53. The number of aromatic nitrogens is 2. The average Bonchev–Trinajstić information content (AvgIpc) is 2.75. The molecule has 0 aliphatic rings. The highest BCUT2D eigenvalue weighted by Crippen LogP contribution is 2.16. The summed E-state index contributed by atoms with van der Waals surface area (Å²) >= 11 is 5.86.